The summed E-state index contributed by atoms with van der Waals surface area (Å²) >= 11 is 0. The van der Waals surface area contributed by atoms with Crippen LogP contribution in [-0.2, 0) is 19.4 Å². The monoisotopic (exact) mass is 318 g/mol. The molecule has 0 radical (unpaired) electrons. The maximum absolute atomic E-state index is 12.3. The predicted octanol–water partition coefficient (Wildman–Crippen LogP) is 0.133. The molecule has 0 aromatic heterocycles. The lowest BCUT2D eigenvalue weighted by molar-refractivity contribution is -0.130. The van der Waals surface area contributed by atoms with Crippen molar-refractivity contribution >= 4 is 15.7 Å². The van der Waals surface area contributed by atoms with Gasteiger partial charge < -0.3 is 9.64 Å². The van der Waals surface area contributed by atoms with Crippen LogP contribution in [0.2, 0.25) is 0 Å². The zero-order chi connectivity index (χ0) is 15.5. The summed E-state index contributed by atoms with van der Waals surface area (Å²) in [5.74, 6) is -0.267. The first-order chi connectivity index (χ1) is 9.88. The molecule has 2 heterocycles. The van der Waals surface area contributed by atoms with Crippen LogP contribution in [0.4, 0.5) is 0 Å². The van der Waals surface area contributed by atoms with Gasteiger partial charge in [-0.05, 0) is 32.7 Å². The van der Waals surface area contributed by atoms with Gasteiger partial charge in [0.15, 0.2) is 9.84 Å². The summed E-state index contributed by atoms with van der Waals surface area (Å²) in [6.45, 7) is 6.23. The zero-order valence-electron chi connectivity index (χ0n) is 13.0. The van der Waals surface area contributed by atoms with E-state index in [-0.39, 0.29) is 5.91 Å². The highest BCUT2D eigenvalue weighted by Gasteiger charge is 2.30. The quantitative estimate of drug-likeness (QED) is 0.737. The van der Waals surface area contributed by atoms with Gasteiger partial charge in [-0.3, -0.25) is 9.69 Å². The van der Waals surface area contributed by atoms with Crippen LogP contribution in [0, 0.1) is 0 Å². The van der Waals surface area contributed by atoms with E-state index in [0.717, 1.165) is 51.8 Å². The molecule has 2 aliphatic rings. The van der Waals surface area contributed by atoms with Crippen LogP contribution < -0.4 is 0 Å². The molecule has 0 aromatic rings. The van der Waals surface area contributed by atoms with Crippen molar-refractivity contribution in [2.24, 2.45) is 0 Å². The molecule has 0 aromatic carbocycles. The molecule has 6 nitrogen and oxygen atoms in total. The summed E-state index contributed by atoms with van der Waals surface area (Å²) in [5, 5.41) is -0.942. The molecule has 1 amide bonds. The maximum atomic E-state index is 12.3. The molecule has 0 N–H and O–H groups in total. The van der Waals surface area contributed by atoms with Crippen LogP contribution >= 0.6 is 0 Å². The number of amides is 1. The molecule has 0 saturated carbocycles. The van der Waals surface area contributed by atoms with E-state index in [4.69, 9.17) is 4.74 Å². The minimum Gasteiger partial charge on any atom is -0.377 e. The van der Waals surface area contributed by atoms with Gasteiger partial charge in [0.25, 0.3) is 0 Å². The van der Waals surface area contributed by atoms with Crippen LogP contribution in [0.25, 0.3) is 0 Å². The first-order valence-electron chi connectivity index (χ1n) is 7.69. The number of carbonyl (C=O) groups is 1. The summed E-state index contributed by atoms with van der Waals surface area (Å²) in [6, 6.07) is 0. The van der Waals surface area contributed by atoms with E-state index in [1.165, 1.54) is 6.92 Å². The lowest BCUT2D eigenvalue weighted by atomic mass is 10.2. The minimum atomic E-state index is -3.32. The highest BCUT2D eigenvalue weighted by atomic mass is 32.2. The maximum Gasteiger partial charge on any atom is 0.240 e. The molecule has 2 aliphatic heterocycles. The van der Waals surface area contributed by atoms with Crippen molar-refractivity contribution in [1.29, 1.82) is 0 Å². The Hall–Kier alpha value is -0.660. The van der Waals surface area contributed by atoms with Crippen molar-refractivity contribution in [1.82, 2.24) is 9.80 Å². The van der Waals surface area contributed by atoms with E-state index < -0.39 is 15.1 Å². The van der Waals surface area contributed by atoms with Gasteiger partial charge in [0.05, 0.1) is 6.10 Å². The van der Waals surface area contributed by atoms with Crippen molar-refractivity contribution < 1.29 is 17.9 Å². The zero-order valence-corrected chi connectivity index (χ0v) is 13.8. The Bertz CT molecular complexity index is 460. The second-order valence-electron chi connectivity index (χ2n) is 6.09. The van der Waals surface area contributed by atoms with Gasteiger partial charge >= 0.3 is 0 Å². The summed E-state index contributed by atoms with van der Waals surface area (Å²) in [6.07, 6.45) is 4.58. The first-order valence-corrected chi connectivity index (χ1v) is 9.65. The molecule has 2 fully saturated rings. The Morgan fingerprint density at radius 1 is 1.24 bits per heavy atom. The third kappa shape index (κ3) is 4.66. The average molecular weight is 318 g/mol. The summed E-state index contributed by atoms with van der Waals surface area (Å²) in [4.78, 5) is 16.3. The standard InChI is InChI=1S/C14H26N2O4S/c1-12(21(2,18)19)14(17)16-7-4-6-15(8-9-16)11-13-5-3-10-20-13/h12-13H,3-11H2,1-2H3/t12-,13+/m0/s1. The third-order valence-electron chi connectivity index (χ3n) is 4.38. The van der Waals surface area contributed by atoms with E-state index in [1.54, 1.807) is 4.90 Å². The van der Waals surface area contributed by atoms with E-state index in [2.05, 4.69) is 4.90 Å². The van der Waals surface area contributed by atoms with Gasteiger partial charge in [0, 0.05) is 39.0 Å². The van der Waals surface area contributed by atoms with Crippen LogP contribution in [0.1, 0.15) is 26.2 Å². The van der Waals surface area contributed by atoms with Gasteiger partial charge in [-0.2, -0.15) is 0 Å². The number of nitrogens with zero attached hydrogens (tertiary/aromatic N) is 2. The molecule has 0 unspecified atom stereocenters. The molecule has 21 heavy (non-hydrogen) atoms. The highest BCUT2D eigenvalue weighted by molar-refractivity contribution is 7.92. The van der Waals surface area contributed by atoms with Crippen molar-refractivity contribution in [3.05, 3.63) is 0 Å². The SMILES string of the molecule is C[C@@H](C(=O)N1CCCN(C[C@H]2CCCO2)CC1)S(C)(=O)=O. The van der Waals surface area contributed by atoms with Crippen molar-refractivity contribution in [2.75, 3.05) is 45.6 Å². The number of hydrogen-bond donors (Lipinski definition) is 0. The Labute approximate surface area is 127 Å². The second-order valence-corrected chi connectivity index (χ2v) is 8.45. The topological polar surface area (TPSA) is 66.9 Å². The van der Waals surface area contributed by atoms with E-state index >= 15 is 0 Å². The lowest BCUT2D eigenvalue weighted by Gasteiger charge is -2.25. The van der Waals surface area contributed by atoms with Crippen molar-refractivity contribution in [3.63, 3.8) is 0 Å². The Balaban J connectivity index is 1.86. The Morgan fingerprint density at radius 3 is 2.62 bits per heavy atom. The summed E-state index contributed by atoms with van der Waals surface area (Å²) in [5.41, 5.74) is 0. The molecular formula is C14H26N2O4S. The second kappa shape index (κ2) is 7.07. The van der Waals surface area contributed by atoms with Crippen molar-refractivity contribution in [3.8, 4) is 0 Å². The number of sulfone groups is 1. The molecule has 122 valence electrons. The molecule has 0 bridgehead atoms. The molecule has 2 rings (SSSR count). The van der Waals surface area contributed by atoms with Crippen LogP contribution in [0.5, 0.6) is 0 Å². The van der Waals surface area contributed by atoms with Crippen molar-refractivity contribution in [2.45, 2.75) is 37.5 Å². The fraction of sp³-hybridized carbons (Fsp3) is 0.929. The largest absolute Gasteiger partial charge is 0.377 e. The molecule has 0 spiro atoms. The molecule has 0 aliphatic carbocycles. The van der Waals surface area contributed by atoms with Gasteiger partial charge in [-0.25, -0.2) is 8.42 Å². The first kappa shape index (κ1) is 16.7. The van der Waals surface area contributed by atoms with Gasteiger partial charge in [-0.15, -0.1) is 0 Å². The molecule has 2 saturated heterocycles. The van der Waals surface area contributed by atoms with Gasteiger partial charge in [-0.1, -0.05) is 0 Å². The molecular weight excluding hydrogens is 292 g/mol. The minimum absolute atomic E-state index is 0.267. The van der Waals surface area contributed by atoms with Crippen LogP contribution in [0.3, 0.4) is 0 Å². The van der Waals surface area contributed by atoms with Gasteiger partial charge in [0.2, 0.25) is 5.91 Å². The van der Waals surface area contributed by atoms with E-state index in [1.807, 2.05) is 0 Å². The van der Waals surface area contributed by atoms with Gasteiger partial charge in [0.1, 0.15) is 5.25 Å². The Morgan fingerprint density at radius 2 is 2.00 bits per heavy atom. The third-order valence-corrected chi connectivity index (χ3v) is 5.86. The predicted molar refractivity (Wildman–Crippen MR) is 80.9 cm³/mol. The van der Waals surface area contributed by atoms with E-state index in [9.17, 15) is 13.2 Å². The lowest BCUT2D eigenvalue weighted by Crippen LogP contribution is -2.43. The highest BCUT2D eigenvalue weighted by Crippen LogP contribution is 2.15. The van der Waals surface area contributed by atoms with Crippen LogP contribution in [0.15, 0.2) is 0 Å². The number of ether oxygens (including phenoxy) is 1. The Kier molecular flexibility index (Phi) is 5.62. The number of rotatable bonds is 4. The molecule has 2 atom stereocenters. The van der Waals surface area contributed by atoms with Crippen LogP contribution in [-0.4, -0.2) is 81.1 Å². The summed E-state index contributed by atoms with van der Waals surface area (Å²) < 4.78 is 28.7. The fourth-order valence-electron chi connectivity index (χ4n) is 2.89. The average Bonchev–Trinajstić information content (AvgIpc) is 2.81. The molecule has 7 heteroatoms. The number of carbonyl (C=O) groups excluding carboxylic acids is 1. The smallest absolute Gasteiger partial charge is 0.240 e. The van der Waals surface area contributed by atoms with E-state index in [0.29, 0.717) is 19.2 Å². The number of hydrogen-bond acceptors (Lipinski definition) is 5. The summed E-state index contributed by atoms with van der Waals surface area (Å²) in [7, 11) is -3.32. The normalized spacial score (nSPS) is 26.6. The fourth-order valence-corrected chi connectivity index (χ4v) is 3.41.